The van der Waals surface area contributed by atoms with Crippen LogP contribution in [0.4, 0.5) is 11.4 Å². The smallest absolute Gasteiger partial charge is 0.243 e. The quantitative estimate of drug-likeness (QED) is 0.798. The molecule has 2 aromatic rings. The van der Waals surface area contributed by atoms with E-state index in [1.54, 1.807) is 24.3 Å². The van der Waals surface area contributed by atoms with E-state index in [4.69, 9.17) is 17.0 Å². The van der Waals surface area contributed by atoms with E-state index in [9.17, 15) is 8.42 Å². The van der Waals surface area contributed by atoms with Crippen molar-refractivity contribution in [1.82, 2.24) is 4.31 Å². The summed E-state index contributed by atoms with van der Waals surface area (Å²) in [6, 6.07) is 16.2. The third-order valence-corrected chi connectivity index (χ3v) is 5.83. The first kappa shape index (κ1) is 17.8. The molecule has 0 bridgehead atoms. The Bertz CT molecular complexity index is 835. The summed E-state index contributed by atoms with van der Waals surface area (Å²) in [5, 5.41) is 6.47. The van der Waals surface area contributed by atoms with Gasteiger partial charge in [0.15, 0.2) is 5.11 Å². The Balaban J connectivity index is 1.71. The summed E-state index contributed by atoms with van der Waals surface area (Å²) in [6.07, 6.45) is 0. The van der Waals surface area contributed by atoms with Crippen LogP contribution in [0.3, 0.4) is 0 Å². The minimum absolute atomic E-state index is 0.238. The lowest BCUT2D eigenvalue weighted by atomic mass is 10.3. The van der Waals surface area contributed by atoms with E-state index in [0.717, 1.165) is 5.69 Å². The molecule has 0 radical (unpaired) electrons. The summed E-state index contributed by atoms with van der Waals surface area (Å²) in [5.74, 6) is 0. The van der Waals surface area contributed by atoms with Gasteiger partial charge in [0.1, 0.15) is 0 Å². The molecule has 1 heterocycles. The Morgan fingerprint density at radius 3 is 2.32 bits per heavy atom. The summed E-state index contributed by atoms with van der Waals surface area (Å²) >= 11 is 5.28. The first-order valence-electron chi connectivity index (χ1n) is 7.87. The highest BCUT2D eigenvalue weighted by Gasteiger charge is 2.26. The predicted molar refractivity (Wildman–Crippen MR) is 102 cm³/mol. The number of thiocarbonyl (C=S) groups is 1. The molecule has 3 rings (SSSR count). The molecule has 1 aliphatic rings. The molecule has 0 amide bonds. The maximum atomic E-state index is 12.7. The number of hydrogen-bond acceptors (Lipinski definition) is 4. The number of nitrogens with zero attached hydrogens (tertiary/aromatic N) is 1. The summed E-state index contributed by atoms with van der Waals surface area (Å²) < 4.78 is 32.1. The van der Waals surface area contributed by atoms with Crippen LogP contribution in [0, 0.1) is 0 Å². The number of para-hydroxylation sites is 1. The van der Waals surface area contributed by atoms with Crippen molar-refractivity contribution in [3.63, 3.8) is 0 Å². The molecule has 0 saturated carbocycles. The van der Waals surface area contributed by atoms with Crippen molar-refractivity contribution in [1.29, 1.82) is 0 Å². The van der Waals surface area contributed by atoms with Gasteiger partial charge in [-0.25, -0.2) is 8.42 Å². The van der Waals surface area contributed by atoms with Gasteiger partial charge in [-0.1, -0.05) is 24.3 Å². The summed E-state index contributed by atoms with van der Waals surface area (Å²) in [7, 11) is -3.53. The molecule has 6 nitrogen and oxygen atoms in total. The van der Waals surface area contributed by atoms with E-state index in [2.05, 4.69) is 10.6 Å². The zero-order valence-corrected chi connectivity index (χ0v) is 15.1. The Labute approximate surface area is 152 Å². The number of rotatable bonds is 4. The van der Waals surface area contributed by atoms with Crippen LogP contribution in [0.15, 0.2) is 59.5 Å². The van der Waals surface area contributed by atoms with Crippen LogP contribution in [0.2, 0.25) is 0 Å². The first-order valence-corrected chi connectivity index (χ1v) is 9.71. The Hall–Kier alpha value is -2.00. The fraction of sp³-hybridized carbons (Fsp3) is 0.235. The van der Waals surface area contributed by atoms with E-state index in [0.29, 0.717) is 37.1 Å². The van der Waals surface area contributed by atoms with Gasteiger partial charge in [0.25, 0.3) is 0 Å². The van der Waals surface area contributed by atoms with Gasteiger partial charge in [-0.05, 0) is 42.5 Å². The molecule has 1 fully saturated rings. The van der Waals surface area contributed by atoms with Crippen LogP contribution in [0.1, 0.15) is 0 Å². The van der Waals surface area contributed by atoms with Crippen molar-refractivity contribution in [2.45, 2.75) is 4.90 Å². The van der Waals surface area contributed by atoms with Crippen molar-refractivity contribution in [3.8, 4) is 0 Å². The number of hydrogen-bond donors (Lipinski definition) is 2. The molecule has 0 aliphatic carbocycles. The number of sulfonamides is 1. The van der Waals surface area contributed by atoms with E-state index < -0.39 is 10.0 Å². The lowest BCUT2D eigenvalue weighted by Crippen LogP contribution is -2.40. The lowest BCUT2D eigenvalue weighted by Gasteiger charge is -2.26. The van der Waals surface area contributed by atoms with E-state index in [1.165, 1.54) is 4.31 Å². The van der Waals surface area contributed by atoms with E-state index >= 15 is 0 Å². The second-order valence-electron chi connectivity index (χ2n) is 5.49. The second-order valence-corrected chi connectivity index (χ2v) is 7.84. The molecular formula is C17H19N3O3S2. The first-order chi connectivity index (χ1) is 12.1. The van der Waals surface area contributed by atoms with Gasteiger partial charge in [-0.15, -0.1) is 0 Å². The van der Waals surface area contributed by atoms with Gasteiger partial charge in [-0.2, -0.15) is 4.31 Å². The summed E-state index contributed by atoms with van der Waals surface area (Å²) in [4.78, 5) is 0.238. The van der Waals surface area contributed by atoms with Gasteiger partial charge >= 0.3 is 0 Å². The maximum absolute atomic E-state index is 12.7. The normalized spacial score (nSPS) is 15.5. The fourth-order valence-corrected chi connectivity index (χ4v) is 4.18. The Kier molecular flexibility index (Phi) is 5.64. The molecule has 0 atom stereocenters. The average molecular weight is 377 g/mol. The third kappa shape index (κ3) is 4.55. The van der Waals surface area contributed by atoms with Crippen LogP contribution in [-0.4, -0.2) is 44.1 Å². The minimum atomic E-state index is -3.53. The molecule has 1 saturated heterocycles. The monoisotopic (exact) mass is 377 g/mol. The van der Waals surface area contributed by atoms with E-state index in [1.807, 2.05) is 30.3 Å². The van der Waals surface area contributed by atoms with E-state index in [-0.39, 0.29) is 4.90 Å². The average Bonchev–Trinajstić information content (AvgIpc) is 2.63. The molecule has 2 aromatic carbocycles. The van der Waals surface area contributed by atoms with Gasteiger partial charge in [0, 0.05) is 24.5 Å². The predicted octanol–water partition coefficient (Wildman–Crippen LogP) is 2.52. The van der Waals surface area contributed by atoms with Crippen LogP contribution in [-0.2, 0) is 14.8 Å². The fourth-order valence-electron chi connectivity index (χ4n) is 2.49. The van der Waals surface area contributed by atoms with Gasteiger partial charge < -0.3 is 15.4 Å². The zero-order valence-electron chi connectivity index (χ0n) is 13.5. The molecular weight excluding hydrogens is 358 g/mol. The second kappa shape index (κ2) is 7.92. The van der Waals surface area contributed by atoms with Crippen LogP contribution < -0.4 is 10.6 Å². The molecule has 0 spiro atoms. The highest BCUT2D eigenvalue weighted by atomic mass is 32.2. The third-order valence-electron chi connectivity index (χ3n) is 3.73. The molecule has 8 heteroatoms. The van der Waals surface area contributed by atoms with Crippen molar-refractivity contribution in [2.75, 3.05) is 36.9 Å². The summed E-state index contributed by atoms with van der Waals surface area (Å²) in [6.45, 7) is 1.58. The number of anilines is 2. The molecule has 1 aliphatic heterocycles. The Morgan fingerprint density at radius 2 is 1.60 bits per heavy atom. The van der Waals surface area contributed by atoms with Gasteiger partial charge in [0.05, 0.1) is 18.1 Å². The minimum Gasteiger partial charge on any atom is -0.379 e. The summed E-state index contributed by atoms with van der Waals surface area (Å²) in [5.41, 5.74) is 1.47. The number of morpholine rings is 1. The number of benzene rings is 2. The highest BCUT2D eigenvalue weighted by Crippen LogP contribution is 2.20. The lowest BCUT2D eigenvalue weighted by molar-refractivity contribution is 0.0730. The topological polar surface area (TPSA) is 70.7 Å². The van der Waals surface area contributed by atoms with Crippen molar-refractivity contribution >= 4 is 38.7 Å². The Morgan fingerprint density at radius 1 is 0.960 bits per heavy atom. The van der Waals surface area contributed by atoms with Crippen molar-refractivity contribution in [2.24, 2.45) is 0 Å². The van der Waals surface area contributed by atoms with Crippen LogP contribution >= 0.6 is 12.2 Å². The van der Waals surface area contributed by atoms with Crippen molar-refractivity contribution in [3.05, 3.63) is 54.6 Å². The van der Waals surface area contributed by atoms with Crippen molar-refractivity contribution < 1.29 is 13.2 Å². The SMILES string of the molecule is O=S(=O)(c1cccc(NC(=S)Nc2ccccc2)c1)N1CCOCC1. The van der Waals surface area contributed by atoms with Crippen LogP contribution in [0.25, 0.3) is 0 Å². The highest BCUT2D eigenvalue weighted by molar-refractivity contribution is 7.89. The molecule has 0 aromatic heterocycles. The number of nitrogens with one attached hydrogen (secondary N) is 2. The zero-order chi connectivity index (χ0) is 17.7. The molecule has 0 unspecified atom stereocenters. The van der Waals surface area contributed by atoms with Gasteiger partial charge in [-0.3, -0.25) is 0 Å². The molecule has 2 N–H and O–H groups in total. The van der Waals surface area contributed by atoms with Crippen LogP contribution in [0.5, 0.6) is 0 Å². The van der Waals surface area contributed by atoms with Gasteiger partial charge in [0.2, 0.25) is 10.0 Å². The molecule has 132 valence electrons. The maximum Gasteiger partial charge on any atom is 0.243 e. The largest absolute Gasteiger partial charge is 0.379 e. The number of ether oxygens (including phenoxy) is 1. The standard InChI is InChI=1S/C17H19N3O3S2/c21-25(22,20-9-11-23-12-10-20)16-8-4-7-15(13-16)19-17(24)18-14-5-2-1-3-6-14/h1-8,13H,9-12H2,(H2,18,19,24). The molecule has 25 heavy (non-hydrogen) atoms.